The number of fused-ring (bicyclic) bond motifs is 2. The highest BCUT2D eigenvalue weighted by Gasteiger charge is 2.36. The van der Waals surface area contributed by atoms with Crippen molar-refractivity contribution < 1.29 is 9.59 Å². The topological polar surface area (TPSA) is 85.8 Å². The number of carbonyl (C=O) groups is 2. The van der Waals surface area contributed by atoms with Crippen molar-refractivity contribution in [3.05, 3.63) is 47.8 Å². The summed E-state index contributed by atoms with van der Waals surface area (Å²) in [6, 6.07) is 10.1. The Hall–Kier alpha value is -3.75. The largest absolute Gasteiger partial charge is 0.339 e. The molecule has 0 radical (unpaired) electrons. The Morgan fingerprint density at radius 1 is 1.09 bits per heavy atom. The maximum absolute atomic E-state index is 13.2. The summed E-state index contributed by atoms with van der Waals surface area (Å²) in [5.74, 6) is 1.27. The quantitative estimate of drug-likeness (QED) is 0.593. The summed E-state index contributed by atoms with van der Waals surface area (Å²) in [6.45, 7) is 8.59. The first-order valence-electron chi connectivity index (χ1n) is 11.6. The fourth-order valence-corrected chi connectivity index (χ4v) is 4.61. The van der Waals surface area contributed by atoms with Crippen LogP contribution in [0.15, 0.2) is 36.5 Å². The van der Waals surface area contributed by atoms with Crippen LogP contribution in [0.5, 0.6) is 0 Å². The minimum absolute atomic E-state index is 0.0617. The van der Waals surface area contributed by atoms with E-state index in [0.717, 1.165) is 28.0 Å². The van der Waals surface area contributed by atoms with Crippen LogP contribution < -0.4 is 9.80 Å². The maximum atomic E-state index is 13.2. The molecule has 2 aromatic heterocycles. The molecule has 0 bridgehead atoms. The van der Waals surface area contributed by atoms with Gasteiger partial charge in [0.05, 0.1) is 12.1 Å². The van der Waals surface area contributed by atoms with Crippen molar-refractivity contribution >= 4 is 40.2 Å². The molecule has 0 unspecified atom stereocenters. The van der Waals surface area contributed by atoms with Crippen LogP contribution in [0.1, 0.15) is 36.8 Å². The number of amides is 2. The van der Waals surface area contributed by atoms with Gasteiger partial charge in [-0.05, 0) is 38.1 Å². The van der Waals surface area contributed by atoms with Crippen LogP contribution >= 0.6 is 0 Å². The van der Waals surface area contributed by atoms with Gasteiger partial charge >= 0.3 is 0 Å². The van der Waals surface area contributed by atoms with E-state index in [1.165, 1.54) is 0 Å². The second-order valence-electron chi connectivity index (χ2n) is 9.13. The van der Waals surface area contributed by atoms with E-state index in [0.29, 0.717) is 44.4 Å². The lowest BCUT2D eigenvalue weighted by atomic mass is 10.1. The Kier molecular flexibility index (Phi) is 5.55. The molecular formula is C25H29N7O2. The number of carbonyl (C=O) groups excluding carboxylic acids is 2. The van der Waals surface area contributed by atoms with Crippen molar-refractivity contribution in [1.29, 1.82) is 0 Å². The lowest BCUT2D eigenvalue weighted by Crippen LogP contribution is -2.48. The number of piperazine rings is 1. The molecule has 1 aromatic carbocycles. The molecule has 0 aliphatic carbocycles. The Labute approximate surface area is 199 Å². The van der Waals surface area contributed by atoms with E-state index < -0.39 is 0 Å². The van der Waals surface area contributed by atoms with Gasteiger partial charge in [0.1, 0.15) is 11.5 Å². The first kappa shape index (κ1) is 22.1. The molecule has 9 heteroatoms. The fourth-order valence-electron chi connectivity index (χ4n) is 4.61. The summed E-state index contributed by atoms with van der Waals surface area (Å²) in [7, 11) is 1.97. The van der Waals surface area contributed by atoms with Crippen LogP contribution in [0.2, 0.25) is 0 Å². The van der Waals surface area contributed by atoms with Gasteiger partial charge in [-0.1, -0.05) is 6.07 Å². The molecule has 34 heavy (non-hydrogen) atoms. The van der Waals surface area contributed by atoms with Crippen LogP contribution in [0, 0.1) is 0 Å². The monoisotopic (exact) mass is 459 g/mol. The highest BCUT2D eigenvalue weighted by molar-refractivity contribution is 5.99. The number of hydrogen-bond donors (Lipinski definition) is 0. The van der Waals surface area contributed by atoms with Gasteiger partial charge in [0.15, 0.2) is 0 Å². The van der Waals surface area contributed by atoms with Gasteiger partial charge in [0, 0.05) is 69.0 Å². The molecule has 3 aromatic rings. The molecule has 176 valence electrons. The van der Waals surface area contributed by atoms with E-state index in [4.69, 9.17) is 9.97 Å². The second-order valence-corrected chi connectivity index (χ2v) is 9.13. The number of nitrogens with zero attached hydrogens (tertiary/aromatic N) is 7. The molecule has 2 amide bonds. The molecule has 0 saturated carbocycles. The van der Waals surface area contributed by atoms with Crippen LogP contribution in [-0.2, 0) is 11.3 Å². The zero-order valence-corrected chi connectivity index (χ0v) is 20.0. The molecule has 2 aliphatic rings. The van der Waals surface area contributed by atoms with Crippen LogP contribution in [-0.4, -0.2) is 75.8 Å². The van der Waals surface area contributed by atoms with Gasteiger partial charge < -0.3 is 19.6 Å². The third-order valence-corrected chi connectivity index (χ3v) is 6.69. The number of hydrogen-bond acceptors (Lipinski definition) is 7. The van der Waals surface area contributed by atoms with Gasteiger partial charge in [-0.25, -0.2) is 4.98 Å². The summed E-state index contributed by atoms with van der Waals surface area (Å²) >= 11 is 0. The Balaban J connectivity index is 1.56. The highest BCUT2D eigenvalue weighted by Crippen LogP contribution is 2.35. The lowest BCUT2D eigenvalue weighted by Gasteiger charge is -2.34. The average molecular weight is 460 g/mol. The Morgan fingerprint density at radius 3 is 2.56 bits per heavy atom. The predicted octanol–water partition coefficient (Wildman–Crippen LogP) is 2.83. The van der Waals surface area contributed by atoms with E-state index in [-0.39, 0.29) is 17.9 Å². The van der Waals surface area contributed by atoms with Gasteiger partial charge in [0.2, 0.25) is 11.9 Å². The van der Waals surface area contributed by atoms with Gasteiger partial charge in [-0.2, -0.15) is 4.98 Å². The van der Waals surface area contributed by atoms with Gasteiger partial charge in [-0.15, -0.1) is 0 Å². The third-order valence-electron chi connectivity index (χ3n) is 6.69. The predicted molar refractivity (Wildman–Crippen MR) is 131 cm³/mol. The molecule has 0 N–H and O–H groups in total. The Bertz CT molecular complexity index is 1270. The molecule has 4 heterocycles. The SMILES string of the molecule is CC(=O)N1CCN(c2nc3c(c(N(C)c4ccc5ncccc5c4)n2)CN(C(C)C)C3=O)CC1. The highest BCUT2D eigenvalue weighted by atomic mass is 16.2. The van der Waals surface area contributed by atoms with Crippen molar-refractivity contribution in [3.63, 3.8) is 0 Å². The maximum Gasteiger partial charge on any atom is 0.273 e. The summed E-state index contributed by atoms with van der Waals surface area (Å²) in [5, 5.41) is 1.04. The van der Waals surface area contributed by atoms with E-state index >= 15 is 0 Å². The van der Waals surface area contributed by atoms with E-state index in [9.17, 15) is 9.59 Å². The lowest BCUT2D eigenvalue weighted by molar-refractivity contribution is -0.129. The standard InChI is InChI=1S/C25H29N7O2/c1-16(2)32-15-20-22(24(32)34)27-25(31-12-10-30(11-13-31)17(3)33)28-23(20)29(4)19-7-8-21-18(14-19)6-5-9-26-21/h5-9,14,16H,10-13,15H2,1-4H3. The number of pyridine rings is 1. The van der Waals surface area contributed by atoms with Crippen molar-refractivity contribution in [2.45, 2.75) is 33.4 Å². The molecule has 5 rings (SSSR count). The van der Waals surface area contributed by atoms with Crippen LogP contribution in [0.4, 0.5) is 17.5 Å². The zero-order valence-electron chi connectivity index (χ0n) is 20.0. The first-order chi connectivity index (χ1) is 16.3. The minimum atomic E-state index is -0.0617. The number of anilines is 3. The number of rotatable bonds is 4. The first-order valence-corrected chi connectivity index (χ1v) is 11.6. The molecule has 2 aliphatic heterocycles. The molecular weight excluding hydrogens is 430 g/mol. The van der Waals surface area contributed by atoms with E-state index in [1.807, 2.05) is 59.9 Å². The van der Waals surface area contributed by atoms with Crippen LogP contribution in [0.3, 0.4) is 0 Å². The second kappa shape index (κ2) is 8.55. The molecule has 1 fully saturated rings. The van der Waals surface area contributed by atoms with Gasteiger partial charge in [-0.3, -0.25) is 14.6 Å². The van der Waals surface area contributed by atoms with Crippen LogP contribution in [0.25, 0.3) is 10.9 Å². The summed E-state index contributed by atoms with van der Waals surface area (Å²) < 4.78 is 0. The average Bonchev–Trinajstić information content (AvgIpc) is 3.19. The van der Waals surface area contributed by atoms with Gasteiger partial charge in [0.25, 0.3) is 5.91 Å². The van der Waals surface area contributed by atoms with Crippen molar-refractivity contribution in [2.24, 2.45) is 0 Å². The van der Waals surface area contributed by atoms with Crippen molar-refractivity contribution in [3.8, 4) is 0 Å². The van der Waals surface area contributed by atoms with E-state index in [1.54, 1.807) is 13.1 Å². The molecule has 1 saturated heterocycles. The zero-order chi connectivity index (χ0) is 24.0. The summed E-state index contributed by atoms with van der Waals surface area (Å²) in [5.41, 5.74) is 3.21. The Morgan fingerprint density at radius 2 is 1.85 bits per heavy atom. The fraction of sp³-hybridized carbons (Fsp3) is 0.400. The van der Waals surface area contributed by atoms with E-state index in [2.05, 4.69) is 16.0 Å². The molecule has 0 atom stereocenters. The smallest absolute Gasteiger partial charge is 0.273 e. The summed E-state index contributed by atoms with van der Waals surface area (Å²) in [6.07, 6.45) is 1.78. The molecule has 9 nitrogen and oxygen atoms in total. The number of benzene rings is 1. The molecule has 0 spiro atoms. The summed E-state index contributed by atoms with van der Waals surface area (Å²) in [4.78, 5) is 46.8. The minimum Gasteiger partial charge on any atom is -0.339 e. The third kappa shape index (κ3) is 3.81. The normalized spacial score (nSPS) is 15.9. The van der Waals surface area contributed by atoms with Crippen molar-refractivity contribution in [1.82, 2.24) is 24.8 Å². The number of aromatic nitrogens is 3. The van der Waals surface area contributed by atoms with Crippen molar-refractivity contribution in [2.75, 3.05) is 43.0 Å².